The molecule has 0 radical (unpaired) electrons. The Morgan fingerprint density at radius 2 is 2.20 bits per heavy atom. The van der Waals surface area contributed by atoms with Crippen LogP contribution in [0.5, 0.6) is 0 Å². The van der Waals surface area contributed by atoms with Gasteiger partial charge in [0.25, 0.3) is 0 Å². The van der Waals surface area contributed by atoms with Gasteiger partial charge >= 0.3 is 0 Å². The molecule has 0 aliphatic carbocycles. The number of hydrogen-bond acceptors (Lipinski definition) is 2. The SMILES string of the molecule is C=CCN(C(=O)C(C)(C#N)CC)C(C)C. The van der Waals surface area contributed by atoms with Gasteiger partial charge in [-0.1, -0.05) is 13.0 Å². The average Bonchev–Trinajstić information content (AvgIpc) is 2.23. The van der Waals surface area contributed by atoms with Crippen molar-refractivity contribution in [1.29, 1.82) is 5.26 Å². The summed E-state index contributed by atoms with van der Waals surface area (Å²) in [5, 5.41) is 9.03. The standard InChI is InChI=1S/C12H20N2O/c1-6-8-14(10(3)4)11(15)12(5,7-2)9-13/h6,10H,1,7-8H2,2-5H3. The van der Waals surface area contributed by atoms with Crippen LogP contribution >= 0.6 is 0 Å². The fourth-order valence-corrected chi connectivity index (χ4v) is 1.26. The molecule has 0 saturated carbocycles. The van der Waals surface area contributed by atoms with Gasteiger partial charge in [0.1, 0.15) is 5.41 Å². The Labute approximate surface area is 92.4 Å². The third-order valence-corrected chi connectivity index (χ3v) is 2.64. The minimum absolute atomic E-state index is 0.0923. The molecule has 0 aromatic carbocycles. The second kappa shape index (κ2) is 5.55. The fraction of sp³-hybridized carbons (Fsp3) is 0.667. The maximum absolute atomic E-state index is 12.1. The summed E-state index contributed by atoms with van der Waals surface area (Å²) in [6, 6.07) is 2.19. The van der Waals surface area contributed by atoms with Crippen LogP contribution in [0.2, 0.25) is 0 Å². The molecule has 1 atom stereocenters. The molecular weight excluding hydrogens is 188 g/mol. The fourth-order valence-electron chi connectivity index (χ4n) is 1.26. The molecule has 0 aliphatic heterocycles. The lowest BCUT2D eigenvalue weighted by Crippen LogP contribution is -2.45. The van der Waals surface area contributed by atoms with E-state index in [4.69, 9.17) is 5.26 Å². The molecule has 0 heterocycles. The maximum atomic E-state index is 12.1. The number of amides is 1. The summed E-state index contributed by atoms with van der Waals surface area (Å²) in [5.41, 5.74) is -0.909. The van der Waals surface area contributed by atoms with Gasteiger partial charge in [0.15, 0.2) is 0 Å². The summed E-state index contributed by atoms with van der Waals surface area (Å²) >= 11 is 0. The van der Waals surface area contributed by atoms with E-state index in [0.717, 1.165) is 0 Å². The Morgan fingerprint density at radius 1 is 1.67 bits per heavy atom. The van der Waals surface area contributed by atoms with Crippen molar-refractivity contribution >= 4 is 5.91 Å². The molecule has 0 saturated heterocycles. The first kappa shape index (κ1) is 13.7. The highest BCUT2D eigenvalue weighted by Gasteiger charge is 2.35. The van der Waals surface area contributed by atoms with Crippen molar-refractivity contribution < 1.29 is 4.79 Å². The minimum atomic E-state index is -0.909. The molecule has 0 aliphatic rings. The van der Waals surface area contributed by atoms with Gasteiger partial charge in [-0.3, -0.25) is 4.79 Å². The lowest BCUT2D eigenvalue weighted by molar-refractivity contribution is -0.139. The third kappa shape index (κ3) is 3.09. The highest BCUT2D eigenvalue weighted by molar-refractivity contribution is 5.85. The summed E-state index contributed by atoms with van der Waals surface area (Å²) in [6.07, 6.45) is 2.22. The Bertz CT molecular complexity index is 278. The molecule has 0 fully saturated rings. The molecule has 0 N–H and O–H groups in total. The molecule has 3 nitrogen and oxygen atoms in total. The van der Waals surface area contributed by atoms with E-state index in [2.05, 4.69) is 12.6 Å². The predicted molar refractivity (Wildman–Crippen MR) is 61.1 cm³/mol. The van der Waals surface area contributed by atoms with Crippen molar-refractivity contribution in [3.8, 4) is 6.07 Å². The normalized spacial score (nSPS) is 14.1. The van der Waals surface area contributed by atoms with Gasteiger partial charge in [-0.2, -0.15) is 5.26 Å². The van der Waals surface area contributed by atoms with E-state index in [-0.39, 0.29) is 11.9 Å². The van der Waals surface area contributed by atoms with E-state index in [1.165, 1.54) is 0 Å². The van der Waals surface area contributed by atoms with Crippen molar-refractivity contribution in [1.82, 2.24) is 4.90 Å². The predicted octanol–water partition coefficient (Wildman–Crippen LogP) is 2.35. The Hall–Kier alpha value is -1.30. The summed E-state index contributed by atoms with van der Waals surface area (Å²) in [7, 11) is 0. The van der Waals surface area contributed by atoms with E-state index >= 15 is 0 Å². The van der Waals surface area contributed by atoms with Gasteiger partial charge in [0.05, 0.1) is 6.07 Å². The van der Waals surface area contributed by atoms with E-state index < -0.39 is 5.41 Å². The van der Waals surface area contributed by atoms with Crippen molar-refractivity contribution in [2.24, 2.45) is 5.41 Å². The smallest absolute Gasteiger partial charge is 0.243 e. The van der Waals surface area contributed by atoms with Gasteiger partial charge in [-0.05, 0) is 27.2 Å². The van der Waals surface area contributed by atoms with E-state index in [1.807, 2.05) is 20.8 Å². The topological polar surface area (TPSA) is 44.1 Å². The number of rotatable bonds is 5. The van der Waals surface area contributed by atoms with Gasteiger partial charge < -0.3 is 4.90 Å². The zero-order chi connectivity index (χ0) is 12.1. The molecule has 84 valence electrons. The van der Waals surface area contributed by atoms with Crippen LogP contribution in [-0.4, -0.2) is 23.4 Å². The van der Waals surface area contributed by atoms with Gasteiger partial charge in [-0.15, -0.1) is 6.58 Å². The maximum Gasteiger partial charge on any atom is 0.243 e. The van der Waals surface area contributed by atoms with E-state index in [9.17, 15) is 4.79 Å². The van der Waals surface area contributed by atoms with Crippen LogP contribution in [0.1, 0.15) is 34.1 Å². The third-order valence-electron chi connectivity index (χ3n) is 2.64. The highest BCUT2D eigenvalue weighted by Crippen LogP contribution is 2.24. The first-order valence-electron chi connectivity index (χ1n) is 5.26. The second-order valence-electron chi connectivity index (χ2n) is 4.14. The Kier molecular flexibility index (Phi) is 5.07. The zero-order valence-electron chi connectivity index (χ0n) is 10.1. The van der Waals surface area contributed by atoms with Gasteiger partial charge in [0, 0.05) is 12.6 Å². The minimum Gasteiger partial charge on any atom is -0.335 e. The molecule has 0 aromatic rings. The highest BCUT2D eigenvalue weighted by atomic mass is 16.2. The molecular formula is C12H20N2O. The van der Waals surface area contributed by atoms with Crippen LogP contribution in [0.15, 0.2) is 12.7 Å². The van der Waals surface area contributed by atoms with E-state index in [0.29, 0.717) is 13.0 Å². The van der Waals surface area contributed by atoms with Crippen molar-refractivity contribution in [3.05, 3.63) is 12.7 Å². The van der Waals surface area contributed by atoms with Crippen LogP contribution in [0.3, 0.4) is 0 Å². The lowest BCUT2D eigenvalue weighted by atomic mass is 9.87. The molecule has 1 amide bonds. The largest absolute Gasteiger partial charge is 0.335 e. The van der Waals surface area contributed by atoms with E-state index in [1.54, 1.807) is 17.9 Å². The number of carbonyl (C=O) groups excluding carboxylic acids is 1. The Morgan fingerprint density at radius 3 is 2.47 bits per heavy atom. The molecule has 0 bridgehead atoms. The average molecular weight is 208 g/mol. The van der Waals surface area contributed by atoms with Gasteiger partial charge in [-0.25, -0.2) is 0 Å². The summed E-state index contributed by atoms with van der Waals surface area (Å²) in [6.45, 7) is 11.5. The summed E-state index contributed by atoms with van der Waals surface area (Å²) < 4.78 is 0. The monoisotopic (exact) mass is 208 g/mol. The van der Waals surface area contributed by atoms with Crippen LogP contribution in [0, 0.1) is 16.7 Å². The molecule has 1 unspecified atom stereocenters. The number of nitrogens with zero attached hydrogens (tertiary/aromatic N) is 2. The quantitative estimate of drug-likeness (QED) is 0.651. The summed E-state index contributed by atoms with van der Waals surface area (Å²) in [4.78, 5) is 13.8. The molecule has 0 spiro atoms. The van der Waals surface area contributed by atoms with Crippen molar-refractivity contribution in [2.75, 3.05) is 6.54 Å². The molecule has 0 aromatic heterocycles. The zero-order valence-corrected chi connectivity index (χ0v) is 10.1. The number of carbonyl (C=O) groups is 1. The number of nitriles is 1. The van der Waals surface area contributed by atoms with Crippen molar-refractivity contribution in [3.63, 3.8) is 0 Å². The molecule has 3 heteroatoms. The summed E-state index contributed by atoms with van der Waals surface area (Å²) in [5.74, 6) is -0.109. The molecule has 15 heavy (non-hydrogen) atoms. The first-order chi connectivity index (χ1) is 6.92. The van der Waals surface area contributed by atoms with Crippen LogP contribution < -0.4 is 0 Å². The second-order valence-corrected chi connectivity index (χ2v) is 4.14. The van der Waals surface area contributed by atoms with Crippen molar-refractivity contribution in [2.45, 2.75) is 40.2 Å². The number of hydrogen-bond donors (Lipinski definition) is 0. The first-order valence-corrected chi connectivity index (χ1v) is 5.26. The van der Waals surface area contributed by atoms with Crippen LogP contribution in [0.25, 0.3) is 0 Å². The lowest BCUT2D eigenvalue weighted by Gasteiger charge is -2.31. The molecule has 0 rings (SSSR count). The van der Waals surface area contributed by atoms with Crippen LogP contribution in [0.4, 0.5) is 0 Å². The Balaban J connectivity index is 4.93. The van der Waals surface area contributed by atoms with Gasteiger partial charge in [0.2, 0.25) is 5.91 Å². The van der Waals surface area contributed by atoms with Crippen LogP contribution in [-0.2, 0) is 4.79 Å².